The van der Waals surface area contributed by atoms with Crippen LogP contribution in [0.2, 0.25) is 0 Å². The Hall–Kier alpha value is -0.120. The van der Waals surface area contributed by atoms with Crippen molar-refractivity contribution in [1.82, 2.24) is 15.1 Å². The molecule has 1 N–H and O–H groups in total. The molecule has 3 nitrogen and oxygen atoms in total. The topological polar surface area (TPSA) is 18.5 Å². The van der Waals surface area contributed by atoms with Crippen LogP contribution in [0.15, 0.2) is 0 Å². The lowest BCUT2D eigenvalue weighted by Gasteiger charge is -2.37. The van der Waals surface area contributed by atoms with E-state index >= 15 is 0 Å². The molecule has 1 aliphatic heterocycles. The van der Waals surface area contributed by atoms with E-state index in [1.54, 1.807) is 0 Å². The number of nitrogens with zero attached hydrogens (tertiary/aromatic N) is 2. The molecular formula is C17H35N3. The first kappa shape index (κ1) is 16.3. The van der Waals surface area contributed by atoms with Crippen LogP contribution in [0.1, 0.15) is 45.4 Å². The Morgan fingerprint density at radius 1 is 1.20 bits per heavy atom. The first-order valence-corrected chi connectivity index (χ1v) is 8.71. The fourth-order valence-corrected chi connectivity index (χ4v) is 4.23. The van der Waals surface area contributed by atoms with Crippen molar-refractivity contribution in [2.45, 2.75) is 45.4 Å². The molecule has 1 saturated heterocycles. The van der Waals surface area contributed by atoms with Crippen molar-refractivity contribution in [3.8, 4) is 0 Å². The van der Waals surface area contributed by atoms with E-state index in [2.05, 4.69) is 36.1 Å². The maximum atomic E-state index is 3.61. The fourth-order valence-electron chi connectivity index (χ4n) is 4.23. The van der Waals surface area contributed by atoms with Crippen molar-refractivity contribution in [2.24, 2.45) is 11.3 Å². The molecule has 0 amide bonds. The summed E-state index contributed by atoms with van der Waals surface area (Å²) in [6.45, 7) is 9.75. The van der Waals surface area contributed by atoms with Gasteiger partial charge in [0.15, 0.2) is 0 Å². The van der Waals surface area contributed by atoms with Gasteiger partial charge in [-0.1, -0.05) is 19.8 Å². The van der Waals surface area contributed by atoms with Gasteiger partial charge in [-0.05, 0) is 70.7 Å². The number of hydrogen-bond donors (Lipinski definition) is 1. The predicted molar refractivity (Wildman–Crippen MR) is 87.2 cm³/mol. The second kappa shape index (κ2) is 7.77. The molecule has 1 aliphatic carbocycles. The van der Waals surface area contributed by atoms with Crippen LogP contribution >= 0.6 is 0 Å². The zero-order valence-corrected chi connectivity index (χ0v) is 14.0. The molecule has 0 aromatic carbocycles. The van der Waals surface area contributed by atoms with Gasteiger partial charge in [0.1, 0.15) is 0 Å². The van der Waals surface area contributed by atoms with E-state index in [1.807, 2.05) is 0 Å². The SMILES string of the molecule is CCNCC1(CN(C)CC2CCN(C)CC2)CCCC1. The molecule has 1 heterocycles. The predicted octanol–water partition coefficient (Wildman–Crippen LogP) is 2.43. The Kier molecular flexibility index (Phi) is 6.31. The molecule has 20 heavy (non-hydrogen) atoms. The van der Waals surface area contributed by atoms with E-state index in [-0.39, 0.29) is 0 Å². The van der Waals surface area contributed by atoms with Crippen LogP contribution in [0.25, 0.3) is 0 Å². The molecule has 0 unspecified atom stereocenters. The third-order valence-corrected chi connectivity index (χ3v) is 5.43. The quantitative estimate of drug-likeness (QED) is 0.773. The summed E-state index contributed by atoms with van der Waals surface area (Å²) in [5, 5.41) is 3.61. The molecule has 2 aliphatic rings. The summed E-state index contributed by atoms with van der Waals surface area (Å²) in [4.78, 5) is 5.11. The van der Waals surface area contributed by atoms with Crippen LogP contribution in [-0.4, -0.2) is 63.2 Å². The van der Waals surface area contributed by atoms with Crippen molar-refractivity contribution in [3.63, 3.8) is 0 Å². The first-order chi connectivity index (χ1) is 9.63. The Balaban J connectivity index is 1.77. The van der Waals surface area contributed by atoms with Crippen molar-refractivity contribution in [2.75, 3.05) is 53.4 Å². The summed E-state index contributed by atoms with van der Waals surface area (Å²) < 4.78 is 0. The normalized spacial score (nSPS) is 24.6. The summed E-state index contributed by atoms with van der Waals surface area (Å²) in [5.74, 6) is 0.925. The summed E-state index contributed by atoms with van der Waals surface area (Å²) >= 11 is 0. The zero-order valence-electron chi connectivity index (χ0n) is 14.0. The zero-order chi connectivity index (χ0) is 14.4. The van der Waals surface area contributed by atoms with Gasteiger partial charge >= 0.3 is 0 Å². The molecular weight excluding hydrogens is 246 g/mol. The minimum Gasteiger partial charge on any atom is -0.316 e. The van der Waals surface area contributed by atoms with Crippen molar-refractivity contribution >= 4 is 0 Å². The number of hydrogen-bond acceptors (Lipinski definition) is 3. The molecule has 0 atom stereocenters. The van der Waals surface area contributed by atoms with Gasteiger partial charge in [-0.15, -0.1) is 0 Å². The smallest absolute Gasteiger partial charge is 0.00472 e. The Morgan fingerprint density at radius 2 is 1.85 bits per heavy atom. The van der Waals surface area contributed by atoms with E-state index in [4.69, 9.17) is 0 Å². The highest BCUT2D eigenvalue weighted by molar-refractivity contribution is 4.89. The monoisotopic (exact) mass is 281 g/mol. The number of rotatable bonds is 7. The Labute approximate surface area is 126 Å². The molecule has 1 saturated carbocycles. The highest BCUT2D eigenvalue weighted by Gasteiger charge is 2.34. The van der Waals surface area contributed by atoms with Crippen LogP contribution in [0.5, 0.6) is 0 Å². The van der Waals surface area contributed by atoms with E-state index < -0.39 is 0 Å². The second-order valence-corrected chi connectivity index (χ2v) is 7.43. The minimum atomic E-state index is 0.566. The molecule has 0 spiro atoms. The summed E-state index contributed by atoms with van der Waals surface area (Å²) in [5.41, 5.74) is 0.566. The average molecular weight is 281 g/mol. The van der Waals surface area contributed by atoms with E-state index in [0.717, 1.165) is 12.5 Å². The highest BCUT2D eigenvalue weighted by atomic mass is 15.1. The van der Waals surface area contributed by atoms with E-state index in [9.17, 15) is 0 Å². The molecule has 2 rings (SSSR count). The van der Waals surface area contributed by atoms with Crippen molar-refractivity contribution < 1.29 is 0 Å². The maximum absolute atomic E-state index is 3.61. The number of nitrogens with one attached hydrogen (secondary N) is 1. The lowest BCUT2D eigenvalue weighted by Crippen LogP contribution is -2.43. The standard InChI is InChI=1S/C17H35N3/c1-4-18-14-17(9-5-6-10-17)15-20(3)13-16-7-11-19(2)12-8-16/h16,18H,4-15H2,1-3H3. The van der Waals surface area contributed by atoms with E-state index in [0.29, 0.717) is 5.41 Å². The van der Waals surface area contributed by atoms with Gasteiger partial charge in [-0.3, -0.25) is 0 Å². The minimum absolute atomic E-state index is 0.566. The molecule has 3 heteroatoms. The molecule has 0 bridgehead atoms. The average Bonchev–Trinajstić information content (AvgIpc) is 2.88. The third-order valence-electron chi connectivity index (χ3n) is 5.43. The summed E-state index contributed by atoms with van der Waals surface area (Å²) in [6.07, 6.45) is 8.51. The van der Waals surface area contributed by atoms with Crippen LogP contribution in [-0.2, 0) is 0 Å². The van der Waals surface area contributed by atoms with E-state index in [1.165, 1.54) is 71.2 Å². The lowest BCUT2D eigenvalue weighted by atomic mass is 9.85. The molecule has 0 aromatic heterocycles. The highest BCUT2D eigenvalue weighted by Crippen LogP contribution is 2.38. The molecule has 2 fully saturated rings. The molecule has 0 radical (unpaired) electrons. The Morgan fingerprint density at radius 3 is 2.45 bits per heavy atom. The van der Waals surface area contributed by atoms with Crippen LogP contribution in [0, 0.1) is 11.3 Å². The van der Waals surface area contributed by atoms with Gasteiger partial charge in [0.2, 0.25) is 0 Å². The molecule has 0 aromatic rings. The van der Waals surface area contributed by atoms with Crippen LogP contribution < -0.4 is 5.32 Å². The fraction of sp³-hybridized carbons (Fsp3) is 1.00. The lowest BCUT2D eigenvalue weighted by molar-refractivity contribution is 0.130. The largest absolute Gasteiger partial charge is 0.316 e. The third kappa shape index (κ3) is 4.71. The number of piperidine rings is 1. The summed E-state index contributed by atoms with van der Waals surface area (Å²) in [6, 6.07) is 0. The van der Waals surface area contributed by atoms with Crippen molar-refractivity contribution in [1.29, 1.82) is 0 Å². The molecule has 118 valence electrons. The van der Waals surface area contributed by atoms with Crippen LogP contribution in [0.3, 0.4) is 0 Å². The van der Waals surface area contributed by atoms with Gasteiger partial charge in [0.25, 0.3) is 0 Å². The second-order valence-electron chi connectivity index (χ2n) is 7.43. The van der Waals surface area contributed by atoms with Crippen LogP contribution in [0.4, 0.5) is 0 Å². The van der Waals surface area contributed by atoms with Gasteiger partial charge in [0, 0.05) is 19.6 Å². The Bertz CT molecular complexity index is 265. The van der Waals surface area contributed by atoms with Gasteiger partial charge in [0.05, 0.1) is 0 Å². The van der Waals surface area contributed by atoms with Gasteiger partial charge in [-0.2, -0.15) is 0 Å². The van der Waals surface area contributed by atoms with Gasteiger partial charge in [-0.25, -0.2) is 0 Å². The van der Waals surface area contributed by atoms with Gasteiger partial charge < -0.3 is 15.1 Å². The maximum Gasteiger partial charge on any atom is 0.00472 e. The first-order valence-electron chi connectivity index (χ1n) is 8.71. The number of likely N-dealkylation sites (tertiary alicyclic amines) is 1. The van der Waals surface area contributed by atoms with Crippen molar-refractivity contribution in [3.05, 3.63) is 0 Å². The summed E-state index contributed by atoms with van der Waals surface area (Å²) in [7, 11) is 4.61.